The van der Waals surface area contributed by atoms with Crippen molar-refractivity contribution in [1.29, 1.82) is 0 Å². The second-order valence-electron chi connectivity index (χ2n) is 17.0. The zero-order valence-corrected chi connectivity index (χ0v) is 38.0. The van der Waals surface area contributed by atoms with Crippen LogP contribution in [0.3, 0.4) is 0 Å². The van der Waals surface area contributed by atoms with Crippen LogP contribution in [0.5, 0.6) is 0 Å². The molecule has 0 bridgehead atoms. The lowest BCUT2D eigenvalue weighted by molar-refractivity contribution is -0.194. The molecule has 0 aromatic carbocycles. The standard InChI is InChI=1S/C49H94N2O5/c1-6-9-12-15-16-17-18-19-20-21-22-23-24-28-34-41-49(54)56-51(47(52)39-36-43-50(4)5)44-35-30-25-29-33-40-48(53)55-45-42-46(37-31-26-13-10-7-2)38-32-27-14-11-8-3/h34,41,46H,6-33,35-40,42-45H2,1-5H3. The normalized spacial score (nSPS) is 11.6. The molecule has 0 aliphatic heterocycles. The van der Waals surface area contributed by atoms with Crippen molar-refractivity contribution in [3.8, 4) is 0 Å². The molecule has 7 heteroatoms. The summed E-state index contributed by atoms with van der Waals surface area (Å²) in [4.78, 5) is 45.7. The maximum atomic E-state index is 13.0. The van der Waals surface area contributed by atoms with Crippen LogP contribution in [-0.2, 0) is 24.0 Å². The Morgan fingerprint density at radius 3 is 1.48 bits per heavy atom. The van der Waals surface area contributed by atoms with Crippen molar-refractivity contribution in [3.63, 3.8) is 0 Å². The fourth-order valence-corrected chi connectivity index (χ4v) is 7.46. The number of rotatable bonds is 42. The molecule has 0 saturated carbocycles. The number of allylic oxidation sites excluding steroid dienone is 1. The first kappa shape index (κ1) is 54.1. The smallest absolute Gasteiger partial charge is 0.355 e. The minimum Gasteiger partial charge on any atom is -0.466 e. The van der Waals surface area contributed by atoms with Crippen LogP contribution >= 0.6 is 0 Å². The van der Waals surface area contributed by atoms with E-state index in [-0.39, 0.29) is 11.9 Å². The Hall–Kier alpha value is -1.89. The summed E-state index contributed by atoms with van der Waals surface area (Å²) in [6.07, 6.45) is 44.1. The average Bonchev–Trinajstić information content (AvgIpc) is 3.17. The molecule has 0 fully saturated rings. The first-order valence-electron chi connectivity index (χ1n) is 24.3. The molecule has 56 heavy (non-hydrogen) atoms. The molecule has 0 rings (SSSR count). The summed E-state index contributed by atoms with van der Waals surface area (Å²) in [5.41, 5.74) is 0. The Balaban J connectivity index is 4.33. The largest absolute Gasteiger partial charge is 0.466 e. The molecule has 0 radical (unpaired) electrons. The molecule has 0 aromatic heterocycles. The van der Waals surface area contributed by atoms with E-state index in [0.29, 0.717) is 31.9 Å². The van der Waals surface area contributed by atoms with E-state index in [9.17, 15) is 14.4 Å². The molecule has 0 aromatic rings. The lowest BCUT2D eigenvalue weighted by Crippen LogP contribution is -2.34. The summed E-state index contributed by atoms with van der Waals surface area (Å²) in [6, 6.07) is 0. The van der Waals surface area contributed by atoms with E-state index in [1.165, 1.54) is 165 Å². The van der Waals surface area contributed by atoms with Gasteiger partial charge in [-0.1, -0.05) is 200 Å². The van der Waals surface area contributed by atoms with Gasteiger partial charge in [0.15, 0.2) is 0 Å². The molecule has 0 saturated heterocycles. The topological polar surface area (TPSA) is 76.1 Å². The summed E-state index contributed by atoms with van der Waals surface area (Å²) < 4.78 is 5.67. The molecule has 0 heterocycles. The Bertz CT molecular complexity index is 893. The molecule has 0 aliphatic carbocycles. The predicted molar refractivity (Wildman–Crippen MR) is 239 cm³/mol. The average molecular weight is 791 g/mol. The van der Waals surface area contributed by atoms with Crippen molar-refractivity contribution >= 4 is 17.8 Å². The fraction of sp³-hybridized carbons (Fsp3) is 0.898. The molecule has 0 unspecified atom stereocenters. The van der Waals surface area contributed by atoms with Crippen LogP contribution < -0.4 is 0 Å². The quantitative estimate of drug-likeness (QED) is 0.0265. The number of carbonyl (C=O) groups excluding carboxylic acids is 3. The van der Waals surface area contributed by atoms with Gasteiger partial charge in [0.2, 0.25) is 0 Å². The third kappa shape index (κ3) is 39.0. The Morgan fingerprint density at radius 1 is 0.500 bits per heavy atom. The maximum absolute atomic E-state index is 13.0. The molecule has 1 amide bonds. The van der Waals surface area contributed by atoms with Crippen LogP contribution in [0.25, 0.3) is 0 Å². The zero-order chi connectivity index (χ0) is 41.2. The van der Waals surface area contributed by atoms with Crippen molar-refractivity contribution in [3.05, 3.63) is 12.2 Å². The number of ether oxygens (including phenoxy) is 1. The number of amides is 1. The van der Waals surface area contributed by atoms with Crippen LogP contribution in [0.1, 0.15) is 245 Å². The van der Waals surface area contributed by atoms with Gasteiger partial charge in [0.05, 0.1) is 13.2 Å². The summed E-state index contributed by atoms with van der Waals surface area (Å²) in [5, 5.41) is 1.29. The van der Waals surface area contributed by atoms with E-state index < -0.39 is 5.97 Å². The molecule has 0 aliphatic rings. The molecule has 7 nitrogen and oxygen atoms in total. The van der Waals surface area contributed by atoms with Crippen LogP contribution in [0, 0.1) is 5.92 Å². The highest BCUT2D eigenvalue weighted by atomic mass is 16.7. The number of carbonyl (C=O) groups is 3. The van der Waals surface area contributed by atoms with Gasteiger partial charge in [-0.2, -0.15) is 5.06 Å². The third-order valence-electron chi connectivity index (χ3n) is 11.2. The Kier molecular flexibility index (Phi) is 41.3. The minimum atomic E-state index is -0.468. The van der Waals surface area contributed by atoms with E-state index in [0.717, 1.165) is 64.3 Å². The Morgan fingerprint density at radius 2 is 0.964 bits per heavy atom. The third-order valence-corrected chi connectivity index (χ3v) is 11.2. The van der Waals surface area contributed by atoms with Crippen molar-refractivity contribution in [1.82, 2.24) is 9.96 Å². The van der Waals surface area contributed by atoms with Crippen molar-refractivity contribution in [2.45, 2.75) is 245 Å². The van der Waals surface area contributed by atoms with Gasteiger partial charge in [-0.15, -0.1) is 0 Å². The summed E-state index contributed by atoms with van der Waals surface area (Å²) in [5.74, 6) is 0.000360. The molecular formula is C49H94N2O5. The van der Waals surface area contributed by atoms with Gasteiger partial charge in [0.1, 0.15) is 0 Å². The van der Waals surface area contributed by atoms with Crippen LogP contribution in [0.15, 0.2) is 12.2 Å². The number of hydrogen-bond acceptors (Lipinski definition) is 6. The summed E-state index contributed by atoms with van der Waals surface area (Å²) in [6.45, 7) is 8.57. The van der Waals surface area contributed by atoms with Gasteiger partial charge in [0.25, 0.3) is 5.91 Å². The van der Waals surface area contributed by atoms with Gasteiger partial charge in [-0.05, 0) is 65.1 Å². The first-order chi connectivity index (χ1) is 27.3. The number of hydrogen-bond donors (Lipinski definition) is 0. The second-order valence-corrected chi connectivity index (χ2v) is 17.0. The second kappa shape index (κ2) is 42.7. The first-order valence-corrected chi connectivity index (χ1v) is 24.3. The highest BCUT2D eigenvalue weighted by Crippen LogP contribution is 2.22. The molecule has 330 valence electrons. The lowest BCUT2D eigenvalue weighted by Gasteiger charge is -2.21. The highest BCUT2D eigenvalue weighted by molar-refractivity contribution is 5.84. The summed E-state index contributed by atoms with van der Waals surface area (Å²) >= 11 is 0. The molecule has 0 spiro atoms. The van der Waals surface area contributed by atoms with Gasteiger partial charge in [-0.3, -0.25) is 9.59 Å². The van der Waals surface area contributed by atoms with E-state index in [1.807, 2.05) is 20.2 Å². The zero-order valence-electron chi connectivity index (χ0n) is 38.0. The monoisotopic (exact) mass is 791 g/mol. The van der Waals surface area contributed by atoms with Gasteiger partial charge < -0.3 is 14.5 Å². The number of unbranched alkanes of at least 4 members (excludes halogenated alkanes) is 25. The van der Waals surface area contributed by atoms with Gasteiger partial charge >= 0.3 is 11.9 Å². The van der Waals surface area contributed by atoms with Crippen molar-refractivity contribution in [2.75, 3.05) is 33.8 Å². The lowest BCUT2D eigenvalue weighted by atomic mass is 9.92. The Labute approximate surface area is 348 Å². The predicted octanol–water partition coefficient (Wildman–Crippen LogP) is 14.3. The molecular weight excluding hydrogens is 697 g/mol. The number of hydroxylamine groups is 2. The van der Waals surface area contributed by atoms with E-state index >= 15 is 0 Å². The van der Waals surface area contributed by atoms with Crippen LogP contribution in [0.4, 0.5) is 0 Å². The van der Waals surface area contributed by atoms with E-state index in [1.54, 1.807) is 0 Å². The van der Waals surface area contributed by atoms with Crippen LogP contribution in [-0.4, -0.2) is 61.6 Å². The van der Waals surface area contributed by atoms with E-state index in [4.69, 9.17) is 9.57 Å². The van der Waals surface area contributed by atoms with Gasteiger partial charge in [0, 0.05) is 18.9 Å². The maximum Gasteiger partial charge on any atom is 0.355 e. The molecule has 0 atom stereocenters. The minimum absolute atomic E-state index is 0.0711. The SMILES string of the molecule is CCCCCCCCCCCCCCCC=CC(=O)ON(CCCCCCCC(=O)OCCC(CCCCCCC)CCCCCCC)C(=O)CCCN(C)C. The summed E-state index contributed by atoms with van der Waals surface area (Å²) in [7, 11) is 3.99. The highest BCUT2D eigenvalue weighted by Gasteiger charge is 2.17. The fourth-order valence-electron chi connectivity index (χ4n) is 7.46. The van der Waals surface area contributed by atoms with E-state index in [2.05, 4.69) is 25.7 Å². The number of nitrogens with zero attached hydrogens (tertiary/aromatic N) is 2. The molecule has 0 N–H and O–H groups in total. The van der Waals surface area contributed by atoms with Crippen LogP contribution in [0.2, 0.25) is 0 Å². The van der Waals surface area contributed by atoms with Crippen molar-refractivity contribution in [2.24, 2.45) is 5.92 Å². The van der Waals surface area contributed by atoms with Gasteiger partial charge in [-0.25, -0.2) is 4.79 Å². The number of esters is 1. The van der Waals surface area contributed by atoms with Crippen molar-refractivity contribution < 1.29 is 24.0 Å².